The molecule has 0 aromatic rings. The van der Waals surface area contributed by atoms with Gasteiger partial charge in [-0.05, 0) is 25.1 Å². The van der Waals surface area contributed by atoms with Crippen LogP contribution in [0, 0.1) is 5.92 Å². The zero-order valence-electron chi connectivity index (χ0n) is 9.75. The van der Waals surface area contributed by atoms with Crippen LogP contribution in [0.15, 0.2) is 0 Å². The van der Waals surface area contributed by atoms with Gasteiger partial charge in [0.2, 0.25) is 5.91 Å². The summed E-state index contributed by atoms with van der Waals surface area (Å²) in [5.74, 6) is 0.213. The molecule has 4 nitrogen and oxygen atoms in total. The van der Waals surface area contributed by atoms with Gasteiger partial charge in [-0.3, -0.25) is 4.79 Å². The monoisotopic (exact) mass is 244 g/mol. The lowest BCUT2D eigenvalue weighted by Crippen LogP contribution is -2.43. The second kappa shape index (κ2) is 7.57. The van der Waals surface area contributed by atoms with E-state index in [1.54, 1.807) is 7.11 Å². The molecule has 0 aliphatic heterocycles. The molecule has 0 atom stereocenters. The number of hydrogen-bond acceptors (Lipinski definition) is 3. The van der Waals surface area contributed by atoms with Gasteiger partial charge in [0.1, 0.15) is 0 Å². The van der Waals surface area contributed by atoms with Gasteiger partial charge in [0.05, 0.1) is 6.61 Å². The normalized spacial score (nSPS) is 16.8. The van der Waals surface area contributed by atoms with Gasteiger partial charge in [0.25, 0.3) is 0 Å². The van der Waals surface area contributed by atoms with E-state index in [1.165, 1.54) is 6.42 Å². The van der Waals surface area contributed by atoms with Crippen LogP contribution >= 0.6 is 12.2 Å². The summed E-state index contributed by atoms with van der Waals surface area (Å²) in [6.07, 6.45) is 5.54. The summed E-state index contributed by atoms with van der Waals surface area (Å²) in [5, 5.41) is 6.07. The van der Waals surface area contributed by atoms with Crippen LogP contribution in [0.2, 0.25) is 0 Å². The van der Waals surface area contributed by atoms with Crippen molar-refractivity contribution in [3.8, 4) is 0 Å². The van der Waals surface area contributed by atoms with Crippen molar-refractivity contribution in [2.24, 2.45) is 5.92 Å². The average Bonchev–Trinajstić information content (AvgIpc) is 2.30. The Bertz CT molecular complexity index is 240. The lowest BCUT2D eigenvalue weighted by molar-refractivity contribution is -0.124. The Morgan fingerprint density at radius 2 is 2.06 bits per heavy atom. The molecule has 0 radical (unpaired) electrons. The first-order valence-electron chi connectivity index (χ1n) is 5.81. The number of rotatable bonds is 4. The average molecular weight is 244 g/mol. The molecule has 0 aromatic heterocycles. The molecule has 0 unspecified atom stereocenters. The van der Waals surface area contributed by atoms with Crippen molar-refractivity contribution in [1.82, 2.24) is 10.6 Å². The number of ether oxygens (including phenoxy) is 1. The number of nitrogens with one attached hydrogen (secondary N) is 2. The first kappa shape index (κ1) is 13.4. The molecular weight excluding hydrogens is 224 g/mol. The minimum atomic E-state index is 0.0645. The second-order valence-corrected chi connectivity index (χ2v) is 4.48. The maximum atomic E-state index is 11.8. The fourth-order valence-corrected chi connectivity index (χ4v) is 2.09. The van der Waals surface area contributed by atoms with E-state index in [0.29, 0.717) is 18.3 Å². The van der Waals surface area contributed by atoms with Crippen LogP contribution in [0.4, 0.5) is 0 Å². The molecule has 1 rings (SSSR count). The molecular formula is C11H20N2O2S. The van der Waals surface area contributed by atoms with E-state index in [0.717, 1.165) is 25.7 Å². The SMILES string of the molecule is COCCNC(=S)NC(=O)C1CCCCC1. The summed E-state index contributed by atoms with van der Waals surface area (Å²) in [4.78, 5) is 11.8. The highest BCUT2D eigenvalue weighted by molar-refractivity contribution is 7.80. The molecule has 0 spiro atoms. The fourth-order valence-electron chi connectivity index (χ4n) is 1.89. The summed E-state index contributed by atoms with van der Waals surface area (Å²) in [6.45, 7) is 1.21. The van der Waals surface area contributed by atoms with E-state index >= 15 is 0 Å². The third-order valence-corrected chi connectivity index (χ3v) is 3.05. The Kier molecular flexibility index (Phi) is 6.33. The molecule has 5 heteroatoms. The van der Waals surface area contributed by atoms with Crippen LogP contribution in [0.3, 0.4) is 0 Å². The largest absolute Gasteiger partial charge is 0.383 e. The third kappa shape index (κ3) is 4.90. The predicted molar refractivity (Wildman–Crippen MR) is 67.2 cm³/mol. The van der Waals surface area contributed by atoms with Gasteiger partial charge in [-0.1, -0.05) is 19.3 Å². The summed E-state index contributed by atoms with van der Waals surface area (Å²) in [7, 11) is 1.63. The molecule has 1 amide bonds. The number of thiocarbonyl (C=S) groups is 1. The number of methoxy groups -OCH3 is 1. The third-order valence-electron chi connectivity index (χ3n) is 2.80. The van der Waals surface area contributed by atoms with Gasteiger partial charge in [0.15, 0.2) is 5.11 Å². The predicted octanol–water partition coefficient (Wildman–Crippen LogP) is 1.20. The highest BCUT2D eigenvalue weighted by Gasteiger charge is 2.21. The van der Waals surface area contributed by atoms with Crippen molar-refractivity contribution in [2.75, 3.05) is 20.3 Å². The van der Waals surface area contributed by atoms with Crippen molar-refractivity contribution in [3.63, 3.8) is 0 Å². The molecule has 1 aliphatic rings. The van der Waals surface area contributed by atoms with E-state index < -0.39 is 0 Å². The highest BCUT2D eigenvalue weighted by atomic mass is 32.1. The van der Waals surface area contributed by atoms with Crippen LogP contribution in [0.1, 0.15) is 32.1 Å². The Morgan fingerprint density at radius 3 is 2.69 bits per heavy atom. The van der Waals surface area contributed by atoms with Gasteiger partial charge in [-0.15, -0.1) is 0 Å². The van der Waals surface area contributed by atoms with Gasteiger partial charge in [0, 0.05) is 19.6 Å². The number of carbonyl (C=O) groups excluding carboxylic acids is 1. The summed E-state index contributed by atoms with van der Waals surface area (Å²) >= 11 is 5.01. The van der Waals surface area contributed by atoms with Crippen molar-refractivity contribution >= 4 is 23.2 Å². The lowest BCUT2D eigenvalue weighted by atomic mass is 9.89. The van der Waals surface area contributed by atoms with Crippen LogP contribution < -0.4 is 10.6 Å². The van der Waals surface area contributed by atoms with Gasteiger partial charge in [-0.2, -0.15) is 0 Å². The Labute approximate surface area is 102 Å². The quantitative estimate of drug-likeness (QED) is 0.576. The first-order valence-corrected chi connectivity index (χ1v) is 6.22. The molecule has 1 fully saturated rings. The number of amides is 1. The zero-order valence-corrected chi connectivity index (χ0v) is 10.6. The van der Waals surface area contributed by atoms with Crippen molar-refractivity contribution in [2.45, 2.75) is 32.1 Å². The topological polar surface area (TPSA) is 50.4 Å². The zero-order chi connectivity index (χ0) is 11.8. The summed E-state index contributed by atoms with van der Waals surface area (Å²) in [6, 6.07) is 0. The summed E-state index contributed by atoms with van der Waals surface area (Å²) < 4.78 is 4.88. The molecule has 0 bridgehead atoms. The van der Waals surface area contributed by atoms with E-state index in [4.69, 9.17) is 17.0 Å². The minimum absolute atomic E-state index is 0.0645. The van der Waals surface area contributed by atoms with Gasteiger partial charge >= 0.3 is 0 Å². The standard InChI is InChI=1S/C11H20N2O2S/c1-15-8-7-12-11(16)13-10(14)9-5-3-2-4-6-9/h9H,2-8H2,1H3,(H2,12,13,14,16). The summed E-state index contributed by atoms with van der Waals surface area (Å²) in [5.41, 5.74) is 0. The van der Waals surface area contributed by atoms with Crippen LogP contribution in [0.5, 0.6) is 0 Å². The van der Waals surface area contributed by atoms with Crippen molar-refractivity contribution in [1.29, 1.82) is 0 Å². The maximum absolute atomic E-state index is 11.8. The molecule has 0 saturated heterocycles. The van der Waals surface area contributed by atoms with Crippen LogP contribution in [-0.2, 0) is 9.53 Å². The Hall–Kier alpha value is -0.680. The molecule has 1 aliphatic carbocycles. The highest BCUT2D eigenvalue weighted by Crippen LogP contribution is 2.23. The first-order chi connectivity index (χ1) is 7.74. The van der Waals surface area contributed by atoms with E-state index in [9.17, 15) is 4.79 Å². The van der Waals surface area contributed by atoms with Crippen molar-refractivity contribution < 1.29 is 9.53 Å². The van der Waals surface area contributed by atoms with Gasteiger partial charge in [-0.25, -0.2) is 0 Å². The molecule has 16 heavy (non-hydrogen) atoms. The van der Waals surface area contributed by atoms with Crippen LogP contribution in [-0.4, -0.2) is 31.3 Å². The molecule has 0 aromatic carbocycles. The fraction of sp³-hybridized carbons (Fsp3) is 0.818. The molecule has 1 saturated carbocycles. The molecule has 0 heterocycles. The second-order valence-electron chi connectivity index (χ2n) is 4.07. The van der Waals surface area contributed by atoms with E-state index in [1.807, 2.05) is 0 Å². The smallest absolute Gasteiger partial charge is 0.229 e. The lowest BCUT2D eigenvalue weighted by Gasteiger charge is -2.21. The minimum Gasteiger partial charge on any atom is -0.383 e. The Balaban J connectivity index is 2.19. The van der Waals surface area contributed by atoms with E-state index in [2.05, 4.69) is 10.6 Å². The number of carbonyl (C=O) groups is 1. The molecule has 92 valence electrons. The maximum Gasteiger partial charge on any atom is 0.229 e. The van der Waals surface area contributed by atoms with Gasteiger partial charge < -0.3 is 15.4 Å². The van der Waals surface area contributed by atoms with E-state index in [-0.39, 0.29) is 11.8 Å². The molecule has 2 N–H and O–H groups in total. The van der Waals surface area contributed by atoms with Crippen molar-refractivity contribution in [3.05, 3.63) is 0 Å². The number of hydrogen-bond donors (Lipinski definition) is 2. The van der Waals surface area contributed by atoms with Crippen LogP contribution in [0.25, 0.3) is 0 Å². The Morgan fingerprint density at radius 1 is 1.38 bits per heavy atom.